The second-order valence-electron chi connectivity index (χ2n) is 5.78. The number of nitrogens with one attached hydrogen (secondary N) is 1. The van der Waals surface area contributed by atoms with Crippen molar-refractivity contribution in [1.29, 1.82) is 0 Å². The van der Waals surface area contributed by atoms with Crippen molar-refractivity contribution in [3.8, 4) is 17.2 Å². The lowest BCUT2D eigenvalue weighted by molar-refractivity contribution is 0.102. The number of hydrogen-bond donors (Lipinski definition) is 1. The molecule has 4 aromatic rings. The number of hydrogen-bond acceptors (Lipinski definition) is 5. The van der Waals surface area contributed by atoms with Crippen molar-refractivity contribution in [1.82, 2.24) is 20.2 Å². The first kappa shape index (κ1) is 17.7. The highest BCUT2D eigenvalue weighted by molar-refractivity contribution is 6.32. The highest BCUT2D eigenvalue weighted by atomic mass is 35.5. The summed E-state index contributed by atoms with van der Waals surface area (Å²) in [6, 6.07) is 21.3. The van der Waals surface area contributed by atoms with Gasteiger partial charge in [-0.05, 0) is 59.0 Å². The van der Waals surface area contributed by atoms with E-state index in [-0.39, 0.29) is 5.91 Å². The van der Waals surface area contributed by atoms with E-state index in [2.05, 4.69) is 20.8 Å². The van der Waals surface area contributed by atoms with Crippen LogP contribution in [0.3, 0.4) is 0 Å². The number of carbonyl (C=O) groups is 1. The lowest BCUT2D eigenvalue weighted by Gasteiger charge is -2.11. The van der Waals surface area contributed by atoms with Gasteiger partial charge in [0.05, 0.1) is 16.3 Å². The Balaban J connectivity index is 1.50. The van der Waals surface area contributed by atoms with Crippen LogP contribution in [-0.4, -0.2) is 26.1 Å². The third kappa shape index (κ3) is 3.84. The van der Waals surface area contributed by atoms with Crippen molar-refractivity contribution < 1.29 is 9.53 Å². The molecule has 0 aliphatic heterocycles. The SMILES string of the molecule is O=C(Nc1ccc(Oc2ccccc2Cl)cc1)c1ccccc1-n1cnnn1. The summed E-state index contributed by atoms with van der Waals surface area (Å²) in [6.45, 7) is 0. The van der Waals surface area contributed by atoms with Crippen LogP contribution in [0.2, 0.25) is 5.02 Å². The zero-order valence-corrected chi connectivity index (χ0v) is 15.2. The Kier molecular flexibility index (Phi) is 4.99. The number of para-hydroxylation sites is 2. The number of rotatable bonds is 5. The topological polar surface area (TPSA) is 81.9 Å². The Morgan fingerprint density at radius 3 is 2.46 bits per heavy atom. The number of amides is 1. The minimum absolute atomic E-state index is 0.272. The molecule has 8 heteroatoms. The number of nitrogens with zero attached hydrogens (tertiary/aromatic N) is 4. The van der Waals surface area contributed by atoms with Gasteiger partial charge in [0.1, 0.15) is 17.8 Å². The minimum Gasteiger partial charge on any atom is -0.456 e. The Bertz CT molecular complexity index is 1100. The normalized spacial score (nSPS) is 10.5. The third-order valence-corrected chi connectivity index (χ3v) is 4.23. The monoisotopic (exact) mass is 391 g/mol. The molecule has 0 radical (unpaired) electrons. The Labute approximate surface area is 165 Å². The predicted molar refractivity (Wildman–Crippen MR) is 105 cm³/mol. The molecular weight excluding hydrogens is 378 g/mol. The van der Waals surface area contributed by atoms with Gasteiger partial charge >= 0.3 is 0 Å². The lowest BCUT2D eigenvalue weighted by atomic mass is 10.1. The number of aromatic nitrogens is 4. The maximum Gasteiger partial charge on any atom is 0.257 e. The van der Waals surface area contributed by atoms with Crippen molar-refractivity contribution in [2.24, 2.45) is 0 Å². The van der Waals surface area contributed by atoms with Gasteiger partial charge in [-0.3, -0.25) is 4.79 Å². The maximum atomic E-state index is 12.7. The van der Waals surface area contributed by atoms with Crippen LogP contribution in [0.1, 0.15) is 10.4 Å². The van der Waals surface area contributed by atoms with E-state index in [4.69, 9.17) is 16.3 Å². The molecule has 0 bridgehead atoms. The fourth-order valence-corrected chi connectivity index (χ4v) is 2.77. The summed E-state index contributed by atoms with van der Waals surface area (Å²) < 4.78 is 7.19. The molecule has 1 aromatic heterocycles. The maximum absolute atomic E-state index is 12.7. The molecule has 0 fully saturated rings. The predicted octanol–water partition coefficient (Wildman–Crippen LogP) is 4.36. The molecule has 3 aromatic carbocycles. The van der Waals surface area contributed by atoms with E-state index in [1.54, 1.807) is 54.6 Å². The smallest absolute Gasteiger partial charge is 0.257 e. The molecule has 1 amide bonds. The summed E-state index contributed by atoms with van der Waals surface area (Å²) in [6.07, 6.45) is 1.44. The van der Waals surface area contributed by atoms with E-state index in [0.29, 0.717) is 33.5 Å². The van der Waals surface area contributed by atoms with Gasteiger partial charge in [0.2, 0.25) is 0 Å². The molecule has 0 atom stereocenters. The number of carbonyl (C=O) groups excluding carboxylic acids is 1. The van der Waals surface area contributed by atoms with Crippen molar-refractivity contribution in [3.05, 3.63) is 89.7 Å². The summed E-state index contributed by atoms with van der Waals surface area (Å²) in [5, 5.41) is 14.5. The van der Waals surface area contributed by atoms with Crippen molar-refractivity contribution in [3.63, 3.8) is 0 Å². The standard InChI is InChI=1S/C20H14ClN5O2/c21-17-6-2-4-8-19(17)28-15-11-9-14(10-12-15)23-20(27)16-5-1-3-7-18(16)26-13-22-24-25-26/h1-13H,(H,23,27). The zero-order valence-electron chi connectivity index (χ0n) is 14.5. The number of anilines is 1. The molecule has 0 aliphatic carbocycles. The van der Waals surface area contributed by atoms with Gasteiger partial charge < -0.3 is 10.1 Å². The van der Waals surface area contributed by atoms with Gasteiger partial charge in [-0.2, -0.15) is 4.68 Å². The summed E-state index contributed by atoms with van der Waals surface area (Å²) in [7, 11) is 0. The fourth-order valence-electron chi connectivity index (χ4n) is 2.60. The van der Waals surface area contributed by atoms with E-state index in [9.17, 15) is 4.79 Å². The average Bonchev–Trinajstić information content (AvgIpc) is 3.26. The number of benzene rings is 3. The molecule has 0 saturated carbocycles. The van der Waals surface area contributed by atoms with Crippen molar-refractivity contribution >= 4 is 23.2 Å². The molecule has 0 unspecified atom stereocenters. The van der Waals surface area contributed by atoms with Gasteiger partial charge in [-0.15, -0.1) is 5.10 Å². The Morgan fingerprint density at radius 1 is 0.964 bits per heavy atom. The largest absolute Gasteiger partial charge is 0.456 e. The molecule has 1 N–H and O–H groups in total. The van der Waals surface area contributed by atoms with E-state index >= 15 is 0 Å². The molecule has 7 nitrogen and oxygen atoms in total. The van der Waals surface area contributed by atoms with Crippen LogP contribution in [0.5, 0.6) is 11.5 Å². The van der Waals surface area contributed by atoms with Crippen LogP contribution in [-0.2, 0) is 0 Å². The molecule has 1 heterocycles. The van der Waals surface area contributed by atoms with Gasteiger partial charge in [0, 0.05) is 5.69 Å². The summed E-state index contributed by atoms with van der Waals surface area (Å²) in [5.41, 5.74) is 1.66. The molecule has 0 aliphatic rings. The van der Waals surface area contributed by atoms with Crippen LogP contribution in [0.25, 0.3) is 5.69 Å². The lowest BCUT2D eigenvalue weighted by Crippen LogP contribution is -2.15. The first-order chi connectivity index (χ1) is 13.7. The van der Waals surface area contributed by atoms with Gasteiger partial charge in [-0.1, -0.05) is 35.9 Å². The number of ether oxygens (including phenoxy) is 1. The first-order valence-electron chi connectivity index (χ1n) is 8.37. The van der Waals surface area contributed by atoms with Crippen molar-refractivity contribution in [2.75, 3.05) is 5.32 Å². The first-order valence-corrected chi connectivity index (χ1v) is 8.75. The van der Waals surface area contributed by atoms with Crippen LogP contribution in [0.4, 0.5) is 5.69 Å². The molecule has 0 spiro atoms. The Morgan fingerprint density at radius 2 is 1.71 bits per heavy atom. The van der Waals surface area contributed by atoms with E-state index < -0.39 is 0 Å². The quantitative estimate of drug-likeness (QED) is 0.546. The average molecular weight is 392 g/mol. The number of halogens is 1. The molecule has 28 heavy (non-hydrogen) atoms. The third-order valence-electron chi connectivity index (χ3n) is 3.92. The zero-order chi connectivity index (χ0) is 19.3. The van der Waals surface area contributed by atoms with Crippen LogP contribution in [0.15, 0.2) is 79.1 Å². The fraction of sp³-hybridized carbons (Fsp3) is 0. The Hall–Kier alpha value is -3.71. The van der Waals surface area contributed by atoms with Crippen LogP contribution in [0, 0.1) is 0 Å². The number of tetrazole rings is 1. The minimum atomic E-state index is -0.272. The van der Waals surface area contributed by atoms with Gasteiger partial charge in [-0.25, -0.2) is 0 Å². The van der Waals surface area contributed by atoms with Gasteiger partial charge in [0.25, 0.3) is 5.91 Å². The van der Waals surface area contributed by atoms with Crippen molar-refractivity contribution in [2.45, 2.75) is 0 Å². The highest BCUT2D eigenvalue weighted by Gasteiger charge is 2.13. The van der Waals surface area contributed by atoms with E-state index in [1.165, 1.54) is 11.0 Å². The highest BCUT2D eigenvalue weighted by Crippen LogP contribution is 2.29. The summed E-state index contributed by atoms with van der Waals surface area (Å²) in [5.74, 6) is 0.905. The second kappa shape index (κ2) is 7.89. The van der Waals surface area contributed by atoms with E-state index in [1.807, 2.05) is 18.2 Å². The molecule has 0 saturated heterocycles. The van der Waals surface area contributed by atoms with E-state index in [0.717, 1.165) is 0 Å². The second-order valence-corrected chi connectivity index (χ2v) is 6.19. The molecule has 4 rings (SSSR count). The molecule has 138 valence electrons. The van der Waals surface area contributed by atoms with Gasteiger partial charge in [0.15, 0.2) is 0 Å². The summed E-state index contributed by atoms with van der Waals surface area (Å²) in [4.78, 5) is 12.7. The van der Waals surface area contributed by atoms with Crippen LogP contribution >= 0.6 is 11.6 Å². The molecular formula is C20H14ClN5O2. The van der Waals surface area contributed by atoms with Crippen LogP contribution < -0.4 is 10.1 Å². The summed E-state index contributed by atoms with van der Waals surface area (Å²) >= 11 is 6.10.